The minimum absolute atomic E-state index is 0.223. The van der Waals surface area contributed by atoms with Gasteiger partial charge in [-0.05, 0) is 54.8 Å². The summed E-state index contributed by atoms with van der Waals surface area (Å²) in [4.78, 5) is 4.21. The van der Waals surface area contributed by atoms with Crippen LogP contribution in [0.25, 0.3) is 0 Å². The molecule has 1 aromatic carbocycles. The third kappa shape index (κ3) is 3.15. The molecule has 0 saturated carbocycles. The van der Waals surface area contributed by atoms with Crippen LogP contribution in [0.5, 0.6) is 0 Å². The lowest BCUT2D eigenvalue weighted by Gasteiger charge is -2.09. The topological polar surface area (TPSA) is 85.1 Å². The summed E-state index contributed by atoms with van der Waals surface area (Å²) < 4.78 is 27.0. The predicted octanol–water partition coefficient (Wildman–Crippen LogP) is 1.96. The number of nitrogens with zero attached hydrogens (tertiary/aromatic N) is 1. The van der Waals surface area contributed by atoms with Crippen molar-refractivity contribution in [2.24, 2.45) is 5.73 Å². The summed E-state index contributed by atoms with van der Waals surface area (Å²) >= 11 is 0. The second-order valence-electron chi connectivity index (χ2n) is 4.61. The maximum absolute atomic E-state index is 12.3. The van der Waals surface area contributed by atoms with Crippen LogP contribution in [-0.2, 0) is 16.6 Å². The van der Waals surface area contributed by atoms with Crippen LogP contribution in [0.1, 0.15) is 16.7 Å². The molecule has 0 spiro atoms. The molecule has 0 amide bonds. The minimum atomic E-state index is -3.63. The number of sulfonamides is 1. The van der Waals surface area contributed by atoms with Gasteiger partial charge in [0.25, 0.3) is 10.0 Å². The van der Waals surface area contributed by atoms with Crippen LogP contribution >= 0.6 is 0 Å². The highest BCUT2D eigenvalue weighted by molar-refractivity contribution is 7.92. The summed E-state index contributed by atoms with van der Waals surface area (Å²) in [7, 11) is -3.63. The molecule has 0 aliphatic heterocycles. The third-order valence-corrected chi connectivity index (χ3v) is 4.44. The molecule has 3 N–H and O–H groups in total. The van der Waals surface area contributed by atoms with Gasteiger partial charge in [0.15, 0.2) is 0 Å². The fraction of sp³-hybridized carbons (Fsp3) is 0.214. The molecule has 106 valence electrons. The summed E-state index contributed by atoms with van der Waals surface area (Å²) in [5.41, 5.74) is 8.32. The quantitative estimate of drug-likeness (QED) is 0.901. The van der Waals surface area contributed by atoms with Gasteiger partial charge in [-0.2, -0.15) is 0 Å². The Kier molecular flexibility index (Phi) is 4.06. The molecule has 1 aromatic heterocycles. The van der Waals surface area contributed by atoms with E-state index in [-0.39, 0.29) is 10.7 Å². The molecule has 0 bridgehead atoms. The van der Waals surface area contributed by atoms with E-state index in [1.54, 1.807) is 30.3 Å². The van der Waals surface area contributed by atoms with Crippen molar-refractivity contribution in [3.63, 3.8) is 0 Å². The Morgan fingerprint density at radius 2 is 1.90 bits per heavy atom. The molecule has 0 saturated heterocycles. The number of aromatic nitrogens is 1. The summed E-state index contributed by atoms with van der Waals surface area (Å²) in [6.07, 6.45) is 1.53. The standard InChI is InChI=1S/C14H17N3O2S/c1-10-3-4-13(7-11(10)2)20(18,19)17-14-8-12(9-15)5-6-16-14/h3-8H,9,15H2,1-2H3,(H,16,17). The second kappa shape index (κ2) is 5.60. The number of nitrogens with two attached hydrogens (primary N) is 1. The highest BCUT2D eigenvalue weighted by Crippen LogP contribution is 2.18. The van der Waals surface area contributed by atoms with Gasteiger partial charge in [-0.15, -0.1) is 0 Å². The molecule has 20 heavy (non-hydrogen) atoms. The van der Waals surface area contributed by atoms with Gasteiger partial charge in [-0.1, -0.05) is 6.07 Å². The smallest absolute Gasteiger partial charge is 0.263 e. The zero-order valence-corrected chi connectivity index (χ0v) is 12.2. The van der Waals surface area contributed by atoms with E-state index in [9.17, 15) is 8.42 Å². The highest BCUT2D eigenvalue weighted by atomic mass is 32.2. The Balaban J connectivity index is 2.32. The lowest BCUT2D eigenvalue weighted by molar-refractivity contribution is 0.601. The molecule has 0 fully saturated rings. The van der Waals surface area contributed by atoms with Crippen LogP contribution in [-0.4, -0.2) is 13.4 Å². The number of benzene rings is 1. The van der Waals surface area contributed by atoms with E-state index in [2.05, 4.69) is 9.71 Å². The van der Waals surface area contributed by atoms with E-state index in [4.69, 9.17) is 5.73 Å². The number of aryl methyl sites for hydroxylation is 2. The molecule has 1 heterocycles. The fourth-order valence-electron chi connectivity index (χ4n) is 1.73. The van der Waals surface area contributed by atoms with E-state index >= 15 is 0 Å². The number of pyridine rings is 1. The molecule has 0 aliphatic carbocycles. The average molecular weight is 291 g/mol. The maximum atomic E-state index is 12.3. The van der Waals surface area contributed by atoms with Crippen molar-refractivity contribution in [3.05, 3.63) is 53.2 Å². The van der Waals surface area contributed by atoms with Crippen LogP contribution in [0.4, 0.5) is 5.82 Å². The Morgan fingerprint density at radius 1 is 1.15 bits per heavy atom. The molecular formula is C14H17N3O2S. The monoisotopic (exact) mass is 291 g/mol. The van der Waals surface area contributed by atoms with Crippen LogP contribution in [0.15, 0.2) is 41.4 Å². The Bertz CT molecular complexity index is 727. The molecular weight excluding hydrogens is 274 g/mol. The maximum Gasteiger partial charge on any atom is 0.263 e. The summed E-state index contributed by atoms with van der Waals surface area (Å²) in [6, 6.07) is 8.38. The molecule has 2 rings (SSSR count). The lowest BCUT2D eigenvalue weighted by Crippen LogP contribution is -2.14. The first-order chi connectivity index (χ1) is 9.42. The molecule has 0 atom stereocenters. The fourth-order valence-corrected chi connectivity index (χ4v) is 2.82. The largest absolute Gasteiger partial charge is 0.326 e. The highest BCUT2D eigenvalue weighted by Gasteiger charge is 2.15. The van der Waals surface area contributed by atoms with Gasteiger partial charge < -0.3 is 5.73 Å². The van der Waals surface area contributed by atoms with Crippen molar-refractivity contribution in [2.75, 3.05) is 4.72 Å². The summed E-state index contributed by atoms with van der Waals surface area (Å²) in [6.45, 7) is 4.15. The molecule has 0 radical (unpaired) electrons. The third-order valence-electron chi connectivity index (χ3n) is 3.09. The van der Waals surface area contributed by atoms with E-state index in [0.29, 0.717) is 6.54 Å². The first kappa shape index (κ1) is 14.5. The van der Waals surface area contributed by atoms with Gasteiger partial charge in [-0.25, -0.2) is 13.4 Å². The first-order valence-corrected chi connectivity index (χ1v) is 7.66. The molecule has 5 nitrogen and oxygen atoms in total. The first-order valence-electron chi connectivity index (χ1n) is 6.17. The van der Waals surface area contributed by atoms with Crippen molar-refractivity contribution in [3.8, 4) is 0 Å². The molecule has 0 unspecified atom stereocenters. The summed E-state index contributed by atoms with van der Waals surface area (Å²) in [5, 5.41) is 0. The van der Waals surface area contributed by atoms with Gasteiger partial charge in [0, 0.05) is 12.7 Å². The van der Waals surface area contributed by atoms with Crippen molar-refractivity contribution >= 4 is 15.8 Å². The lowest BCUT2D eigenvalue weighted by atomic mass is 10.1. The molecule has 2 aromatic rings. The SMILES string of the molecule is Cc1ccc(S(=O)(=O)Nc2cc(CN)ccn2)cc1C. The number of anilines is 1. The van der Waals surface area contributed by atoms with Crippen molar-refractivity contribution in [1.82, 2.24) is 4.98 Å². The number of hydrogen-bond donors (Lipinski definition) is 2. The van der Waals surface area contributed by atoms with Gasteiger partial charge in [0.05, 0.1) is 4.90 Å². The minimum Gasteiger partial charge on any atom is -0.326 e. The number of nitrogens with one attached hydrogen (secondary N) is 1. The van der Waals surface area contributed by atoms with Crippen LogP contribution < -0.4 is 10.5 Å². The zero-order chi connectivity index (χ0) is 14.8. The molecule has 6 heteroatoms. The Labute approximate surface area is 118 Å². The number of hydrogen-bond acceptors (Lipinski definition) is 4. The van der Waals surface area contributed by atoms with E-state index < -0.39 is 10.0 Å². The average Bonchev–Trinajstić information content (AvgIpc) is 2.41. The van der Waals surface area contributed by atoms with E-state index in [1.807, 2.05) is 13.8 Å². The van der Waals surface area contributed by atoms with Crippen molar-refractivity contribution in [2.45, 2.75) is 25.3 Å². The van der Waals surface area contributed by atoms with Gasteiger partial charge in [0.1, 0.15) is 5.82 Å². The molecule has 0 aliphatic rings. The van der Waals surface area contributed by atoms with Crippen LogP contribution in [0.3, 0.4) is 0 Å². The Morgan fingerprint density at radius 3 is 2.55 bits per heavy atom. The van der Waals surface area contributed by atoms with Gasteiger partial charge in [-0.3, -0.25) is 4.72 Å². The number of rotatable bonds is 4. The zero-order valence-electron chi connectivity index (χ0n) is 11.4. The normalized spacial score (nSPS) is 11.3. The van der Waals surface area contributed by atoms with Crippen LogP contribution in [0, 0.1) is 13.8 Å². The Hall–Kier alpha value is -1.92. The van der Waals surface area contributed by atoms with Crippen molar-refractivity contribution in [1.29, 1.82) is 0 Å². The predicted molar refractivity (Wildman–Crippen MR) is 78.9 cm³/mol. The van der Waals surface area contributed by atoms with Gasteiger partial charge in [0.2, 0.25) is 0 Å². The van der Waals surface area contributed by atoms with E-state index in [1.165, 1.54) is 6.20 Å². The van der Waals surface area contributed by atoms with Gasteiger partial charge >= 0.3 is 0 Å². The summed E-state index contributed by atoms with van der Waals surface area (Å²) in [5.74, 6) is 0.270. The van der Waals surface area contributed by atoms with Crippen LogP contribution in [0.2, 0.25) is 0 Å². The second-order valence-corrected chi connectivity index (χ2v) is 6.29. The van der Waals surface area contributed by atoms with E-state index in [0.717, 1.165) is 16.7 Å². The van der Waals surface area contributed by atoms with Crippen molar-refractivity contribution < 1.29 is 8.42 Å².